The molecule has 140 heavy (non-hydrogen) atoms. The topological polar surface area (TPSA) is 252 Å². The minimum atomic E-state index is -4.71. The molecule has 31 heteroatoms. The number of benzene rings is 10. The van der Waals surface area contributed by atoms with Crippen LogP contribution in [0, 0.1) is 94.1 Å². The van der Waals surface area contributed by atoms with Crippen molar-refractivity contribution in [2.45, 2.75) is 240 Å². The number of phenolic OH excluding ortho intramolecular Hbond substituents is 1. The Kier molecular flexibility index (Phi) is 58.0. The van der Waals surface area contributed by atoms with Crippen molar-refractivity contribution >= 4 is 70.9 Å². The lowest BCUT2D eigenvalue weighted by Gasteiger charge is -2.12. The molecule has 0 aromatic heterocycles. The molecule has 0 fully saturated rings. The molecule has 0 spiro atoms. The number of nitrogens with two attached hydrogens (primary N) is 3. The van der Waals surface area contributed by atoms with Crippen molar-refractivity contribution in [1.82, 2.24) is 0 Å². The Morgan fingerprint density at radius 1 is 0.400 bits per heavy atom. The van der Waals surface area contributed by atoms with Crippen LogP contribution >= 0.6 is 27.5 Å². The monoisotopic (exact) mass is 2090 g/mol. The van der Waals surface area contributed by atoms with Crippen LogP contribution in [0.2, 0.25) is 5.02 Å². The molecule has 0 radical (unpaired) electrons. The molecule has 10 aromatic carbocycles. The van der Waals surface area contributed by atoms with Gasteiger partial charge >= 0.3 is 18.6 Å². The maximum Gasteiger partial charge on any atom is 0.573 e. The van der Waals surface area contributed by atoms with Crippen LogP contribution in [0.3, 0.4) is 0 Å². The number of hydrogen-bond acceptors (Lipinski definition) is 10. The number of primary sulfonamides is 1. The van der Waals surface area contributed by atoms with Gasteiger partial charge in [0.25, 0.3) is 5.91 Å². The summed E-state index contributed by atoms with van der Waals surface area (Å²) >= 11 is 8.86. The fourth-order valence-electron chi connectivity index (χ4n) is 13.4. The van der Waals surface area contributed by atoms with Gasteiger partial charge in [-0.05, 0) is 330 Å². The smallest absolute Gasteiger partial charge is 0.507 e. The van der Waals surface area contributed by atoms with E-state index in [9.17, 15) is 84.2 Å². The number of amides is 3. The maximum atomic E-state index is 13.3. The highest BCUT2D eigenvalue weighted by Crippen LogP contribution is 2.35. The Morgan fingerprint density at radius 3 is 1.11 bits per heavy atom. The Balaban J connectivity index is 0.000000779. The number of anilines is 2. The van der Waals surface area contributed by atoms with Crippen molar-refractivity contribution in [3.05, 3.63) is 311 Å². The molecule has 0 saturated heterocycles. The third-order valence-corrected chi connectivity index (χ3v) is 21.0. The van der Waals surface area contributed by atoms with Crippen molar-refractivity contribution in [1.29, 1.82) is 0 Å². The quantitative estimate of drug-likeness (QED) is 0.0242. The zero-order valence-electron chi connectivity index (χ0n) is 84.9. The average molecular weight is 2090 g/mol. The van der Waals surface area contributed by atoms with E-state index in [0.29, 0.717) is 101 Å². The van der Waals surface area contributed by atoms with Crippen molar-refractivity contribution in [3.8, 4) is 23.0 Å². The van der Waals surface area contributed by atoms with E-state index >= 15 is 0 Å². The molecule has 0 unspecified atom stereocenters. The predicted octanol–water partition coefficient (Wildman–Crippen LogP) is 30.1. The van der Waals surface area contributed by atoms with E-state index in [-0.39, 0.29) is 44.9 Å². The normalized spacial score (nSPS) is 11.2. The summed E-state index contributed by atoms with van der Waals surface area (Å²) < 4.78 is 212. The fourth-order valence-corrected chi connectivity index (χ4v) is 14.9. The van der Waals surface area contributed by atoms with Gasteiger partial charge in [-0.25, -0.2) is 53.1 Å². The highest BCUT2D eigenvalue weighted by molar-refractivity contribution is 9.10. The minimum absolute atomic E-state index is 0.00815. The summed E-state index contributed by atoms with van der Waals surface area (Å²) in [4.78, 5) is 21.6. The molecule has 776 valence electrons. The van der Waals surface area contributed by atoms with E-state index in [0.717, 1.165) is 119 Å². The molecule has 0 heterocycles. The molecule has 0 aliphatic heterocycles. The molecule has 0 saturated carbocycles. The van der Waals surface area contributed by atoms with E-state index in [4.69, 9.17) is 37.7 Å². The van der Waals surface area contributed by atoms with Crippen molar-refractivity contribution in [3.63, 3.8) is 0 Å². The number of methoxy groups -OCH3 is 1. The number of primary amides is 2. The number of ether oxygens (including phenoxy) is 3. The standard InChI is InChI=1S/C13H19FO.C11H12ClF3O.C11H12F4.C11H14FNO.C11H15FO.C11H16N2O.C11H17NO2S.C10H13BrO.C10H12F2.C10H15NO2S/c1-9(2)7-11-5-6-12(14)13(8-11)15-10(3)4;1-7(2)5-8-3-4-9(12)10(6-8)16-11(13,14)15;1-7(2)5-8-3-4-10(12)9(6-8)11(13,14)15;1-7(2)5-8-3-4-10(12)9(6-8)11(13)14;1-8(2)6-9-4-5-10(12)11(7-9)13-3;1-8(2)6-9-4-3-5-10(7-9)13-11(12)14;1-9(2)7-10-5-4-6-11(8-10)12-15(3,13)14;1-7(2)5-8-3-4-9(11)10(12)6-8;1-7(2)3-8-4-9(11)6-10(12)5-8;1-8(2)6-9-4-3-5-10(7-9)14(11,12)13/h5-6,8-10H,7H2,1-4H3;3-4,6-7H,5H2,1-2H3;3-4,6-7H,5H2,1-2H3;3-4,6-7H,5H2,1-2H3,(H2,13,14);4-5,7-8H,6H2,1-3H3;3-5,7-8H,6H2,1-2H3,(H3,12,13,14);4-6,8-9,12H,7H2,1-3H3;3-4,6-7,12H,5H2,1-2H3;4-7H,3H2,1-2H3;3-5,7-8H,6H2,1-2H3,(H2,11,12,13). The van der Waals surface area contributed by atoms with Crippen molar-refractivity contribution in [2.75, 3.05) is 23.4 Å². The van der Waals surface area contributed by atoms with Crippen LogP contribution in [-0.4, -0.2) is 59.7 Å². The Bertz CT molecular complexity index is 5600. The van der Waals surface area contributed by atoms with Crippen LogP contribution in [-0.2, 0) is 90.4 Å². The first kappa shape index (κ1) is 128. The first-order chi connectivity index (χ1) is 64.7. The molecule has 0 atom stereocenters. The van der Waals surface area contributed by atoms with Gasteiger partial charge < -0.3 is 36.1 Å². The Labute approximate surface area is 837 Å². The molecule has 15 nitrogen and oxygen atoms in total. The molecule has 10 rings (SSSR count). The first-order valence-electron chi connectivity index (χ1n) is 46.2. The SMILES string of the molecule is CC(C)Cc1cc(F)cc(F)c1.CC(C)Cc1ccc(Br)c(O)c1.CC(C)Cc1ccc(Cl)c(OC(F)(F)F)c1.CC(C)Cc1ccc(F)c(C(F)(F)F)c1.CC(C)Cc1ccc(F)c(C(N)=O)c1.CC(C)Cc1ccc(F)c(OC(C)C)c1.CC(C)Cc1cccc(NC(N)=O)c1.CC(C)Cc1cccc(NS(C)(=O)=O)c1.CC(C)Cc1cccc(S(N)(=O)=O)c1.COc1cc(CC(C)C)ccc1F. The van der Waals surface area contributed by atoms with Crippen LogP contribution in [0.25, 0.3) is 0 Å². The van der Waals surface area contributed by atoms with Crippen LogP contribution in [0.5, 0.6) is 23.0 Å². The van der Waals surface area contributed by atoms with Gasteiger partial charge in [-0.15, -0.1) is 13.2 Å². The molecule has 3 amide bonds. The summed E-state index contributed by atoms with van der Waals surface area (Å²) in [7, 11) is -5.25. The summed E-state index contributed by atoms with van der Waals surface area (Å²) in [6, 6.07) is 53.1. The number of alkyl halides is 6. The molecule has 0 bridgehead atoms. The van der Waals surface area contributed by atoms with Gasteiger partial charge in [-0.1, -0.05) is 223 Å². The maximum absolute atomic E-state index is 13.3. The number of carbonyl (C=O) groups excluding carboxylic acids is 2. The molecular formula is C109H145BrClF12N5O10S2. The summed E-state index contributed by atoms with van der Waals surface area (Å²) in [6.07, 6.45) is 0.334. The molecule has 10 aromatic rings. The van der Waals surface area contributed by atoms with Crippen LogP contribution in [0.1, 0.15) is 224 Å². The van der Waals surface area contributed by atoms with Gasteiger partial charge in [0, 0.05) is 17.4 Å². The molecule has 0 aliphatic rings. The van der Waals surface area contributed by atoms with Gasteiger partial charge in [0.05, 0.1) is 45.0 Å². The molecular weight excluding hydrogens is 1950 g/mol. The second-order valence-corrected chi connectivity index (χ2v) is 42.8. The highest BCUT2D eigenvalue weighted by atomic mass is 79.9. The zero-order valence-corrected chi connectivity index (χ0v) is 88.9. The van der Waals surface area contributed by atoms with Gasteiger partial charge in [-0.3, -0.25) is 9.52 Å². The van der Waals surface area contributed by atoms with Gasteiger partial charge in [0.2, 0.25) is 20.0 Å². The second-order valence-electron chi connectivity index (χ2n) is 38.2. The van der Waals surface area contributed by atoms with Gasteiger partial charge in [-0.2, -0.15) is 13.2 Å². The number of carbonyl (C=O) groups is 2. The molecule has 0 aliphatic carbocycles. The number of hydrogen-bond donors (Lipinski definition) is 6. The highest BCUT2D eigenvalue weighted by Gasteiger charge is 2.35. The third kappa shape index (κ3) is 59.5. The van der Waals surface area contributed by atoms with Crippen LogP contribution in [0.4, 0.5) is 68.9 Å². The molecule has 9 N–H and O–H groups in total. The summed E-state index contributed by atoms with van der Waals surface area (Å²) in [6.45, 7) is 45.4. The Hall–Kier alpha value is -10.3. The summed E-state index contributed by atoms with van der Waals surface area (Å²) in [5.74, 6) is 1.60. The Morgan fingerprint density at radius 2 is 0.736 bits per heavy atom. The van der Waals surface area contributed by atoms with Gasteiger partial charge in [0.15, 0.2) is 23.1 Å². The van der Waals surface area contributed by atoms with Gasteiger partial charge in [0.1, 0.15) is 34.8 Å². The second kappa shape index (κ2) is 63.6. The van der Waals surface area contributed by atoms with E-state index in [2.05, 4.69) is 128 Å². The van der Waals surface area contributed by atoms with Crippen LogP contribution in [0.15, 0.2) is 210 Å². The number of halogens is 14. The number of phenols is 1. The van der Waals surface area contributed by atoms with E-state index in [1.165, 1.54) is 78.9 Å². The fraction of sp³-hybridized carbons (Fsp3) is 0.431. The largest absolute Gasteiger partial charge is 0.573 e. The van der Waals surface area contributed by atoms with Crippen molar-refractivity contribution < 1.29 is 98.4 Å². The average Bonchev–Trinajstić information content (AvgIpc) is 0.817. The number of rotatable bonds is 29. The third-order valence-electron chi connectivity index (χ3n) is 18.5. The number of nitrogens with one attached hydrogen (secondary N) is 2. The summed E-state index contributed by atoms with van der Waals surface area (Å²) in [5, 5.41) is 16.9. The van der Waals surface area contributed by atoms with Crippen LogP contribution < -0.4 is 40.9 Å². The lowest BCUT2D eigenvalue weighted by molar-refractivity contribution is -0.274. The minimum Gasteiger partial charge on any atom is -0.507 e. The number of urea groups is 1. The van der Waals surface area contributed by atoms with E-state index in [1.54, 1.807) is 48.5 Å². The van der Waals surface area contributed by atoms with E-state index in [1.807, 2.05) is 128 Å². The summed E-state index contributed by atoms with van der Waals surface area (Å²) in [5.41, 5.74) is 20.0. The predicted molar refractivity (Wildman–Crippen MR) is 550 cm³/mol. The lowest BCUT2D eigenvalue weighted by Crippen LogP contribution is -2.19. The number of sulfonamides is 2. The lowest BCUT2D eigenvalue weighted by atomic mass is 10.0. The van der Waals surface area contributed by atoms with E-state index < -0.39 is 73.4 Å². The number of aromatic hydroxyl groups is 1. The first-order valence-corrected chi connectivity index (χ1v) is 50.8. The zero-order chi connectivity index (χ0) is 107. The van der Waals surface area contributed by atoms with Crippen molar-refractivity contribution in [2.24, 2.45) is 75.8 Å².